The molecule has 5 heteroatoms. The van der Waals surface area contributed by atoms with Crippen LogP contribution in [0.5, 0.6) is 0 Å². The molecule has 2 aromatic rings. The van der Waals surface area contributed by atoms with Crippen LogP contribution < -0.4 is 5.32 Å². The molecule has 0 saturated carbocycles. The lowest BCUT2D eigenvalue weighted by atomic mass is 10.0. The van der Waals surface area contributed by atoms with Gasteiger partial charge < -0.3 is 10.2 Å². The number of halogens is 1. The average Bonchev–Trinajstić information content (AvgIpc) is 2.70. The molecule has 0 saturated heterocycles. The number of carbonyl (C=O) groups excluding carboxylic acids is 2. The minimum atomic E-state index is -0.517. The molecular weight excluding hydrogens is 384 g/mol. The largest absolute Gasteiger partial charge is 0.352 e. The molecule has 2 aromatic carbocycles. The molecule has 0 heterocycles. The second-order valence-electron chi connectivity index (χ2n) is 7.49. The van der Waals surface area contributed by atoms with Crippen molar-refractivity contribution < 1.29 is 9.59 Å². The third-order valence-electron chi connectivity index (χ3n) is 5.26. The maximum absolute atomic E-state index is 13.3. The van der Waals surface area contributed by atoms with E-state index in [0.29, 0.717) is 18.0 Å². The van der Waals surface area contributed by atoms with E-state index in [0.717, 1.165) is 23.1 Å². The summed E-state index contributed by atoms with van der Waals surface area (Å²) in [6.07, 6.45) is 1.67. The zero-order valence-corrected chi connectivity index (χ0v) is 18.5. The Bertz CT molecular complexity index is 820. The molecule has 2 amide bonds. The summed E-state index contributed by atoms with van der Waals surface area (Å²) in [5.74, 6) is -0.158. The predicted octanol–water partition coefficient (Wildman–Crippen LogP) is 4.91. The first-order valence-corrected chi connectivity index (χ1v) is 10.6. The molecule has 0 bridgehead atoms. The highest BCUT2D eigenvalue weighted by molar-refractivity contribution is 6.30. The summed E-state index contributed by atoms with van der Waals surface area (Å²) in [5, 5.41) is 3.68. The Morgan fingerprint density at radius 2 is 1.69 bits per heavy atom. The van der Waals surface area contributed by atoms with Crippen molar-refractivity contribution in [2.24, 2.45) is 0 Å². The van der Waals surface area contributed by atoms with E-state index in [1.54, 1.807) is 17.0 Å². The number of hydrogen-bond acceptors (Lipinski definition) is 2. The fourth-order valence-corrected chi connectivity index (χ4v) is 3.35. The zero-order chi connectivity index (χ0) is 21.4. The van der Waals surface area contributed by atoms with Gasteiger partial charge in [0.1, 0.15) is 6.04 Å². The Hall–Kier alpha value is -2.33. The summed E-state index contributed by atoms with van der Waals surface area (Å²) >= 11 is 6.00. The standard InChI is InChI=1S/C24H31ClN2O2/c1-5-18(4)26-24(29)22(6-2)27(16-19-11-13-21(25)14-12-19)23(28)15-20-10-8-7-9-17(20)3/h7-14,18,22H,5-6,15-16H2,1-4H3,(H,26,29). The summed E-state index contributed by atoms with van der Waals surface area (Å²) in [5.41, 5.74) is 3.00. The van der Waals surface area contributed by atoms with Crippen molar-refractivity contribution in [3.8, 4) is 0 Å². The number of aryl methyl sites for hydroxylation is 1. The van der Waals surface area contributed by atoms with Gasteiger partial charge in [-0.2, -0.15) is 0 Å². The first kappa shape index (κ1) is 23.0. The van der Waals surface area contributed by atoms with Gasteiger partial charge in [-0.05, 0) is 55.5 Å². The monoisotopic (exact) mass is 414 g/mol. The van der Waals surface area contributed by atoms with E-state index >= 15 is 0 Å². The van der Waals surface area contributed by atoms with Crippen LogP contribution >= 0.6 is 11.6 Å². The van der Waals surface area contributed by atoms with Crippen LogP contribution in [-0.4, -0.2) is 28.8 Å². The van der Waals surface area contributed by atoms with Gasteiger partial charge in [-0.25, -0.2) is 0 Å². The van der Waals surface area contributed by atoms with Crippen LogP contribution in [0.25, 0.3) is 0 Å². The fraction of sp³-hybridized carbons (Fsp3) is 0.417. The number of rotatable bonds is 9. The number of carbonyl (C=O) groups is 2. The van der Waals surface area contributed by atoms with Crippen LogP contribution in [-0.2, 0) is 22.6 Å². The van der Waals surface area contributed by atoms with Crippen molar-refractivity contribution in [3.05, 3.63) is 70.2 Å². The molecule has 156 valence electrons. The summed E-state index contributed by atoms with van der Waals surface area (Å²) in [4.78, 5) is 27.9. The van der Waals surface area contributed by atoms with Crippen LogP contribution in [0.4, 0.5) is 0 Å². The molecule has 0 spiro atoms. The molecule has 0 aliphatic rings. The number of nitrogens with one attached hydrogen (secondary N) is 1. The lowest BCUT2D eigenvalue weighted by molar-refractivity contribution is -0.141. The van der Waals surface area contributed by atoms with E-state index < -0.39 is 6.04 Å². The van der Waals surface area contributed by atoms with Crippen LogP contribution in [0.1, 0.15) is 50.3 Å². The van der Waals surface area contributed by atoms with Crippen molar-refractivity contribution in [2.45, 2.75) is 65.6 Å². The van der Waals surface area contributed by atoms with Gasteiger partial charge >= 0.3 is 0 Å². The fourth-order valence-electron chi connectivity index (χ4n) is 3.22. The van der Waals surface area contributed by atoms with E-state index in [-0.39, 0.29) is 24.3 Å². The van der Waals surface area contributed by atoms with E-state index in [1.807, 2.05) is 64.1 Å². The number of hydrogen-bond donors (Lipinski definition) is 1. The number of nitrogens with zero attached hydrogens (tertiary/aromatic N) is 1. The van der Waals surface area contributed by atoms with Crippen molar-refractivity contribution in [1.82, 2.24) is 10.2 Å². The zero-order valence-electron chi connectivity index (χ0n) is 17.7. The summed E-state index contributed by atoms with van der Waals surface area (Å²) in [7, 11) is 0. The Morgan fingerprint density at radius 3 is 2.28 bits per heavy atom. The lowest BCUT2D eigenvalue weighted by Gasteiger charge is -2.31. The molecule has 4 nitrogen and oxygen atoms in total. The van der Waals surface area contributed by atoms with Gasteiger partial charge in [0.15, 0.2) is 0 Å². The molecule has 29 heavy (non-hydrogen) atoms. The smallest absolute Gasteiger partial charge is 0.243 e. The first-order valence-electron chi connectivity index (χ1n) is 10.2. The Morgan fingerprint density at radius 1 is 1.03 bits per heavy atom. The van der Waals surface area contributed by atoms with Crippen LogP contribution in [0.2, 0.25) is 5.02 Å². The van der Waals surface area contributed by atoms with E-state index in [9.17, 15) is 9.59 Å². The van der Waals surface area contributed by atoms with E-state index in [1.165, 1.54) is 0 Å². The van der Waals surface area contributed by atoms with Crippen LogP contribution in [0.3, 0.4) is 0 Å². The molecule has 0 aliphatic carbocycles. The Labute approximate surface area is 179 Å². The van der Waals surface area contributed by atoms with Gasteiger partial charge in [-0.1, -0.05) is 61.8 Å². The Kier molecular flexibility index (Phi) is 8.71. The van der Waals surface area contributed by atoms with E-state index in [2.05, 4.69) is 5.32 Å². The molecule has 1 N–H and O–H groups in total. The van der Waals surface area contributed by atoms with Gasteiger partial charge in [0, 0.05) is 17.6 Å². The summed E-state index contributed by atoms with van der Waals surface area (Å²) in [6.45, 7) is 8.31. The molecule has 2 unspecified atom stereocenters. The highest BCUT2D eigenvalue weighted by Gasteiger charge is 2.29. The third kappa shape index (κ3) is 6.60. The molecule has 0 fully saturated rings. The van der Waals surface area contributed by atoms with Gasteiger partial charge in [0.05, 0.1) is 6.42 Å². The normalized spacial score (nSPS) is 12.9. The lowest BCUT2D eigenvalue weighted by Crippen LogP contribution is -2.51. The van der Waals surface area contributed by atoms with E-state index in [4.69, 9.17) is 11.6 Å². The van der Waals surface area contributed by atoms with Gasteiger partial charge in [0.2, 0.25) is 11.8 Å². The van der Waals surface area contributed by atoms with Crippen LogP contribution in [0, 0.1) is 6.92 Å². The molecule has 2 atom stereocenters. The van der Waals surface area contributed by atoms with Crippen LogP contribution in [0.15, 0.2) is 48.5 Å². The molecular formula is C24H31ClN2O2. The van der Waals surface area contributed by atoms with Crippen molar-refractivity contribution in [3.63, 3.8) is 0 Å². The third-order valence-corrected chi connectivity index (χ3v) is 5.51. The second-order valence-corrected chi connectivity index (χ2v) is 7.93. The summed E-state index contributed by atoms with van der Waals surface area (Å²) < 4.78 is 0. The van der Waals surface area contributed by atoms with Gasteiger partial charge in [-0.15, -0.1) is 0 Å². The number of benzene rings is 2. The Balaban J connectivity index is 2.29. The first-order chi connectivity index (χ1) is 13.8. The van der Waals surface area contributed by atoms with Crippen molar-refractivity contribution >= 4 is 23.4 Å². The average molecular weight is 415 g/mol. The minimum Gasteiger partial charge on any atom is -0.352 e. The van der Waals surface area contributed by atoms with Gasteiger partial charge in [-0.3, -0.25) is 9.59 Å². The van der Waals surface area contributed by atoms with Crippen molar-refractivity contribution in [2.75, 3.05) is 0 Å². The minimum absolute atomic E-state index is 0.0552. The topological polar surface area (TPSA) is 49.4 Å². The van der Waals surface area contributed by atoms with Crippen molar-refractivity contribution in [1.29, 1.82) is 0 Å². The van der Waals surface area contributed by atoms with Gasteiger partial charge in [0.25, 0.3) is 0 Å². The maximum Gasteiger partial charge on any atom is 0.243 e. The molecule has 0 aromatic heterocycles. The highest BCUT2D eigenvalue weighted by atomic mass is 35.5. The SMILES string of the molecule is CCC(C)NC(=O)C(CC)N(Cc1ccc(Cl)cc1)C(=O)Cc1ccccc1C. The maximum atomic E-state index is 13.3. The summed E-state index contributed by atoms with van der Waals surface area (Å²) in [6, 6.07) is 14.8. The number of amides is 2. The second kappa shape index (κ2) is 11.0. The molecule has 2 rings (SSSR count). The molecule has 0 aliphatic heterocycles. The highest BCUT2D eigenvalue weighted by Crippen LogP contribution is 2.18. The quantitative estimate of drug-likeness (QED) is 0.633. The predicted molar refractivity (Wildman–Crippen MR) is 119 cm³/mol. The molecule has 0 radical (unpaired) electrons.